The molecule has 6 nitrogen and oxygen atoms in total. The molecule has 2 amide bonds. The zero-order chi connectivity index (χ0) is 19.7. The van der Waals surface area contributed by atoms with Gasteiger partial charge < -0.3 is 15.5 Å². The maximum absolute atomic E-state index is 12.3. The second kappa shape index (κ2) is 7.39. The van der Waals surface area contributed by atoms with Crippen LogP contribution in [-0.4, -0.2) is 29.9 Å². The van der Waals surface area contributed by atoms with E-state index in [1.165, 1.54) is 0 Å². The topological polar surface area (TPSA) is 74.3 Å². The van der Waals surface area contributed by atoms with Crippen molar-refractivity contribution < 1.29 is 9.59 Å². The number of nitrogens with zero attached hydrogens (tertiary/aromatic N) is 2. The van der Waals surface area contributed by atoms with Crippen molar-refractivity contribution in [3.63, 3.8) is 0 Å². The second-order valence-corrected chi connectivity index (χ2v) is 7.13. The van der Waals surface area contributed by atoms with Crippen LogP contribution in [0.4, 0.5) is 11.5 Å². The molecule has 3 atom stereocenters. The molecular formula is C21H26N4O2. The lowest BCUT2D eigenvalue weighted by Gasteiger charge is -2.44. The van der Waals surface area contributed by atoms with Gasteiger partial charge >= 0.3 is 0 Å². The fourth-order valence-corrected chi connectivity index (χ4v) is 3.77. The Bertz CT molecular complexity index is 880. The van der Waals surface area contributed by atoms with Gasteiger partial charge in [-0.05, 0) is 49.7 Å². The molecule has 0 saturated carbocycles. The molecule has 0 radical (unpaired) electrons. The summed E-state index contributed by atoms with van der Waals surface area (Å²) in [5.74, 6) is 0.761. The van der Waals surface area contributed by atoms with E-state index in [1.807, 2.05) is 42.2 Å². The Morgan fingerprint density at radius 2 is 1.89 bits per heavy atom. The number of carbonyl (C=O) groups excluding carboxylic acids is 2. The van der Waals surface area contributed by atoms with E-state index < -0.39 is 0 Å². The Balaban J connectivity index is 2.11. The molecular weight excluding hydrogens is 340 g/mol. The summed E-state index contributed by atoms with van der Waals surface area (Å²) in [5, 5.41) is 6.18. The average molecular weight is 366 g/mol. The first kappa shape index (κ1) is 18.9. The van der Waals surface area contributed by atoms with Crippen LogP contribution in [0.2, 0.25) is 0 Å². The van der Waals surface area contributed by atoms with E-state index in [0.717, 1.165) is 22.8 Å². The largest absolute Gasteiger partial charge is 0.363 e. The summed E-state index contributed by atoms with van der Waals surface area (Å²) in [5.41, 5.74) is 3.28. The number of anilines is 2. The summed E-state index contributed by atoms with van der Waals surface area (Å²) >= 11 is 0. The van der Waals surface area contributed by atoms with Gasteiger partial charge in [-0.2, -0.15) is 0 Å². The van der Waals surface area contributed by atoms with Crippen LogP contribution in [0.15, 0.2) is 36.4 Å². The first-order valence-corrected chi connectivity index (χ1v) is 9.19. The molecule has 0 bridgehead atoms. The van der Waals surface area contributed by atoms with E-state index in [1.54, 1.807) is 20.0 Å². The van der Waals surface area contributed by atoms with E-state index in [-0.39, 0.29) is 29.8 Å². The van der Waals surface area contributed by atoms with Crippen molar-refractivity contribution in [1.82, 2.24) is 10.3 Å². The zero-order valence-electron chi connectivity index (χ0n) is 16.4. The molecule has 0 fully saturated rings. The summed E-state index contributed by atoms with van der Waals surface area (Å²) in [6.45, 7) is 7.70. The number of hydrogen-bond donors (Lipinski definition) is 2. The van der Waals surface area contributed by atoms with Gasteiger partial charge in [0.2, 0.25) is 5.91 Å². The molecule has 3 unspecified atom stereocenters. The number of pyridine rings is 1. The van der Waals surface area contributed by atoms with Crippen molar-refractivity contribution in [1.29, 1.82) is 0 Å². The number of carbonyl (C=O) groups is 2. The highest BCUT2D eigenvalue weighted by Gasteiger charge is 2.38. The maximum atomic E-state index is 12.3. The number of nitrogens with one attached hydrogen (secondary N) is 2. The van der Waals surface area contributed by atoms with Gasteiger partial charge in [0.05, 0.1) is 6.04 Å². The molecule has 2 N–H and O–H groups in total. The Morgan fingerprint density at radius 1 is 1.15 bits per heavy atom. The number of aryl methyl sites for hydroxylation is 1. The normalized spacial score (nSPS) is 21.4. The second-order valence-electron chi connectivity index (χ2n) is 7.13. The van der Waals surface area contributed by atoms with E-state index in [9.17, 15) is 9.59 Å². The average Bonchev–Trinajstić information content (AvgIpc) is 2.64. The van der Waals surface area contributed by atoms with Gasteiger partial charge in [0, 0.05) is 42.9 Å². The number of amides is 2. The first-order chi connectivity index (χ1) is 12.8. The summed E-state index contributed by atoms with van der Waals surface area (Å²) in [4.78, 5) is 30.8. The fraction of sp³-hybridized carbons (Fsp3) is 0.381. The van der Waals surface area contributed by atoms with Gasteiger partial charge in [0.1, 0.15) is 5.82 Å². The minimum absolute atomic E-state index is 0.00424. The number of hydrogen-bond acceptors (Lipinski definition) is 4. The molecule has 6 heteroatoms. The summed E-state index contributed by atoms with van der Waals surface area (Å²) in [6.07, 6.45) is 0. The fourth-order valence-electron chi connectivity index (χ4n) is 3.77. The molecule has 2 heterocycles. The summed E-state index contributed by atoms with van der Waals surface area (Å²) in [7, 11) is 1.61. The number of aromatic nitrogens is 1. The molecule has 3 rings (SSSR count). The molecule has 0 spiro atoms. The number of benzene rings is 1. The molecule has 27 heavy (non-hydrogen) atoms. The molecule has 1 aromatic heterocycles. The van der Waals surface area contributed by atoms with Crippen molar-refractivity contribution in [2.24, 2.45) is 5.92 Å². The van der Waals surface area contributed by atoms with Crippen LogP contribution in [0.5, 0.6) is 0 Å². The van der Waals surface area contributed by atoms with Crippen molar-refractivity contribution in [3.05, 3.63) is 53.2 Å². The number of rotatable bonds is 3. The highest BCUT2D eigenvalue weighted by atomic mass is 16.2. The Kier molecular flexibility index (Phi) is 5.17. The van der Waals surface area contributed by atoms with E-state index in [4.69, 9.17) is 0 Å². The molecule has 142 valence electrons. The smallest absolute Gasteiger partial charge is 0.251 e. The van der Waals surface area contributed by atoms with Crippen LogP contribution >= 0.6 is 0 Å². The van der Waals surface area contributed by atoms with Crippen LogP contribution in [-0.2, 0) is 4.79 Å². The molecule has 1 aromatic carbocycles. The van der Waals surface area contributed by atoms with E-state index in [0.29, 0.717) is 5.56 Å². The third kappa shape index (κ3) is 3.52. The molecule has 0 saturated heterocycles. The van der Waals surface area contributed by atoms with Gasteiger partial charge in [-0.3, -0.25) is 9.59 Å². The Morgan fingerprint density at radius 3 is 2.52 bits per heavy atom. The predicted molar refractivity (Wildman–Crippen MR) is 107 cm³/mol. The molecule has 1 aliphatic rings. The van der Waals surface area contributed by atoms with Crippen molar-refractivity contribution in [2.75, 3.05) is 17.3 Å². The van der Waals surface area contributed by atoms with Crippen LogP contribution < -0.4 is 15.5 Å². The highest BCUT2D eigenvalue weighted by Crippen LogP contribution is 2.42. The summed E-state index contributed by atoms with van der Waals surface area (Å²) < 4.78 is 0. The Hall–Kier alpha value is -2.89. The van der Waals surface area contributed by atoms with E-state index >= 15 is 0 Å². The maximum Gasteiger partial charge on any atom is 0.251 e. The van der Waals surface area contributed by atoms with Gasteiger partial charge in [0.25, 0.3) is 5.91 Å². The lowest BCUT2D eigenvalue weighted by molar-refractivity contribution is -0.117. The minimum atomic E-state index is -0.147. The van der Waals surface area contributed by atoms with Crippen LogP contribution in [0.3, 0.4) is 0 Å². The quantitative estimate of drug-likeness (QED) is 0.874. The van der Waals surface area contributed by atoms with Crippen LogP contribution in [0.25, 0.3) is 0 Å². The minimum Gasteiger partial charge on any atom is -0.363 e. The van der Waals surface area contributed by atoms with Gasteiger partial charge in [0.15, 0.2) is 0 Å². The molecule has 2 aromatic rings. The highest BCUT2D eigenvalue weighted by molar-refractivity contribution is 5.97. The Labute approximate surface area is 160 Å². The monoisotopic (exact) mass is 366 g/mol. The third-order valence-electron chi connectivity index (χ3n) is 5.34. The van der Waals surface area contributed by atoms with Crippen LogP contribution in [0, 0.1) is 12.8 Å². The van der Waals surface area contributed by atoms with Gasteiger partial charge in [-0.25, -0.2) is 4.98 Å². The summed E-state index contributed by atoms with van der Waals surface area (Å²) in [6, 6.07) is 11.3. The van der Waals surface area contributed by atoms with E-state index in [2.05, 4.69) is 29.5 Å². The van der Waals surface area contributed by atoms with Gasteiger partial charge in [-0.1, -0.05) is 13.0 Å². The van der Waals surface area contributed by atoms with Crippen LogP contribution in [0.1, 0.15) is 48.4 Å². The van der Waals surface area contributed by atoms with Crippen molar-refractivity contribution >= 4 is 23.3 Å². The lowest BCUT2D eigenvalue weighted by Crippen LogP contribution is -2.48. The SMILES string of the molecule is CNC(=O)c1ccc2c(c1)C(Nc1cccc(C)n1)C(C)C(C)N2C(C)=O. The van der Waals surface area contributed by atoms with Crippen molar-refractivity contribution in [2.45, 2.75) is 39.8 Å². The van der Waals surface area contributed by atoms with Gasteiger partial charge in [-0.15, -0.1) is 0 Å². The van der Waals surface area contributed by atoms with Crippen molar-refractivity contribution in [3.8, 4) is 0 Å². The lowest BCUT2D eigenvalue weighted by atomic mass is 9.82. The zero-order valence-corrected chi connectivity index (χ0v) is 16.4. The third-order valence-corrected chi connectivity index (χ3v) is 5.34. The first-order valence-electron chi connectivity index (χ1n) is 9.19. The standard InChI is InChI=1S/C21H26N4O2/c1-12-7-6-8-19(23-12)24-20-13(2)14(3)25(15(4)26)18-10-9-16(11-17(18)20)21(27)22-5/h6-11,13-14,20H,1-5H3,(H,22,27)(H,23,24). The molecule has 1 aliphatic heterocycles. The number of fused-ring (bicyclic) bond motifs is 1. The predicted octanol–water partition coefficient (Wildman–Crippen LogP) is 3.29. The molecule has 0 aliphatic carbocycles.